The van der Waals surface area contributed by atoms with Crippen molar-refractivity contribution < 1.29 is 0 Å². The molecule has 0 saturated carbocycles. The topological polar surface area (TPSA) is 99.8 Å². The van der Waals surface area contributed by atoms with E-state index in [0.717, 1.165) is 11.1 Å². The quantitative estimate of drug-likeness (QED) is 0.644. The van der Waals surface area contributed by atoms with Crippen LogP contribution in [0.15, 0.2) is 52.5 Å². The molecule has 1 aromatic carbocycles. The first kappa shape index (κ1) is 18.8. The highest BCUT2D eigenvalue weighted by atomic mass is 16.1. The largest absolute Gasteiger partial charge is 0.289 e. The molecule has 7 heteroatoms. The molecule has 3 rings (SSSR count). The molecular formula is C21H18N6O. The van der Waals surface area contributed by atoms with Gasteiger partial charge >= 0.3 is 0 Å². The Morgan fingerprint density at radius 2 is 1.96 bits per heavy atom. The maximum atomic E-state index is 12.5. The van der Waals surface area contributed by atoms with Gasteiger partial charge in [-0.3, -0.25) is 9.48 Å². The number of pyridine rings is 1. The van der Waals surface area contributed by atoms with Crippen LogP contribution in [0.2, 0.25) is 0 Å². The lowest BCUT2D eigenvalue weighted by atomic mass is 10.1. The van der Waals surface area contributed by atoms with E-state index in [-0.39, 0.29) is 5.56 Å². The first-order valence-electron chi connectivity index (χ1n) is 8.72. The van der Waals surface area contributed by atoms with Crippen LogP contribution in [0.3, 0.4) is 0 Å². The summed E-state index contributed by atoms with van der Waals surface area (Å²) < 4.78 is 2.91. The summed E-state index contributed by atoms with van der Waals surface area (Å²) in [5.74, 6) is 0. The highest BCUT2D eigenvalue weighted by Crippen LogP contribution is 2.21. The van der Waals surface area contributed by atoms with Crippen molar-refractivity contribution in [3.8, 4) is 23.4 Å². The second kappa shape index (κ2) is 8.15. The van der Waals surface area contributed by atoms with Gasteiger partial charge in [-0.15, -0.1) is 0 Å². The molecule has 138 valence electrons. The third kappa shape index (κ3) is 3.74. The lowest BCUT2D eigenvalue weighted by Crippen LogP contribution is -2.22. The van der Waals surface area contributed by atoms with Crippen molar-refractivity contribution in [2.75, 3.05) is 0 Å². The van der Waals surface area contributed by atoms with Gasteiger partial charge in [0.1, 0.15) is 17.3 Å². The second-order valence-electron chi connectivity index (χ2n) is 6.29. The fourth-order valence-electron chi connectivity index (χ4n) is 2.91. The van der Waals surface area contributed by atoms with Gasteiger partial charge in [0.05, 0.1) is 25.2 Å². The second-order valence-corrected chi connectivity index (χ2v) is 6.29. The van der Waals surface area contributed by atoms with Gasteiger partial charge in [0.2, 0.25) is 0 Å². The summed E-state index contributed by atoms with van der Waals surface area (Å²) in [6.45, 7) is 3.96. The average molecular weight is 370 g/mol. The number of hydrogen-bond donors (Lipinski definition) is 0. The highest BCUT2D eigenvalue weighted by molar-refractivity contribution is 5.88. The molecule has 2 heterocycles. The summed E-state index contributed by atoms with van der Waals surface area (Å²) in [6, 6.07) is 15.4. The Kier molecular flexibility index (Phi) is 5.48. The molecule has 0 unspecified atom stereocenters. The van der Waals surface area contributed by atoms with Crippen molar-refractivity contribution in [3.63, 3.8) is 0 Å². The van der Waals surface area contributed by atoms with Gasteiger partial charge < -0.3 is 0 Å². The lowest BCUT2D eigenvalue weighted by molar-refractivity contribution is 0.629. The number of nitrogens with zero attached hydrogens (tertiary/aromatic N) is 6. The van der Waals surface area contributed by atoms with E-state index in [1.165, 1.54) is 4.68 Å². The Labute approximate surface area is 162 Å². The summed E-state index contributed by atoms with van der Waals surface area (Å²) in [7, 11) is 0. The minimum atomic E-state index is -0.450. The van der Waals surface area contributed by atoms with E-state index < -0.39 is 5.56 Å². The van der Waals surface area contributed by atoms with E-state index in [2.05, 4.69) is 16.3 Å². The molecule has 0 aliphatic heterocycles. The van der Waals surface area contributed by atoms with E-state index >= 15 is 0 Å². The Morgan fingerprint density at radius 1 is 1.21 bits per heavy atom. The number of aryl methyl sites for hydroxylation is 3. The molecule has 0 saturated heterocycles. The van der Waals surface area contributed by atoms with Gasteiger partial charge in [-0.1, -0.05) is 30.3 Å². The molecule has 7 nitrogen and oxygen atoms in total. The molecule has 0 aliphatic carbocycles. The smallest absolute Gasteiger partial charge is 0.270 e. The maximum Gasteiger partial charge on any atom is 0.289 e. The van der Waals surface area contributed by atoms with Crippen LogP contribution in [0, 0.1) is 36.5 Å². The van der Waals surface area contributed by atoms with Crippen molar-refractivity contribution >= 4 is 6.21 Å². The van der Waals surface area contributed by atoms with Crippen molar-refractivity contribution in [2.45, 2.75) is 26.8 Å². The van der Waals surface area contributed by atoms with Crippen molar-refractivity contribution in [1.82, 2.24) is 14.5 Å². The van der Waals surface area contributed by atoms with E-state index in [1.807, 2.05) is 36.4 Å². The van der Waals surface area contributed by atoms with Crippen LogP contribution < -0.4 is 5.56 Å². The molecule has 0 N–H and O–H groups in total. The third-order valence-corrected chi connectivity index (χ3v) is 4.27. The zero-order valence-corrected chi connectivity index (χ0v) is 15.6. The molecule has 0 radical (unpaired) electrons. The zero-order valence-electron chi connectivity index (χ0n) is 15.6. The summed E-state index contributed by atoms with van der Waals surface area (Å²) in [5, 5.41) is 26.9. The normalized spacial score (nSPS) is 10.7. The summed E-state index contributed by atoms with van der Waals surface area (Å²) >= 11 is 0. The number of rotatable bonds is 5. The fourth-order valence-corrected chi connectivity index (χ4v) is 2.91. The summed E-state index contributed by atoms with van der Waals surface area (Å²) in [5.41, 5.74) is 3.23. The van der Waals surface area contributed by atoms with Crippen LogP contribution in [-0.4, -0.2) is 20.7 Å². The fraction of sp³-hybridized carbons (Fsp3) is 0.190. The number of hydrogen-bond acceptors (Lipinski definition) is 5. The Balaban J connectivity index is 2.08. The van der Waals surface area contributed by atoms with E-state index in [9.17, 15) is 10.1 Å². The van der Waals surface area contributed by atoms with Gasteiger partial charge in [-0.2, -0.15) is 20.7 Å². The number of benzene rings is 1. The molecule has 0 aliphatic rings. The van der Waals surface area contributed by atoms with Crippen LogP contribution in [0.4, 0.5) is 0 Å². The molecule has 28 heavy (non-hydrogen) atoms. The minimum absolute atomic E-state index is 0.0794. The summed E-state index contributed by atoms with van der Waals surface area (Å²) in [6.07, 6.45) is 3.70. The number of aromatic nitrogens is 3. The Bertz CT molecular complexity index is 1170. The van der Waals surface area contributed by atoms with E-state index in [0.29, 0.717) is 29.9 Å². The van der Waals surface area contributed by atoms with E-state index in [4.69, 9.17) is 5.26 Å². The molecule has 0 fully saturated rings. The molecule has 0 atom stereocenters. The zero-order chi connectivity index (χ0) is 20.1. The van der Waals surface area contributed by atoms with Crippen LogP contribution in [-0.2, 0) is 6.54 Å². The standard InChI is InChI=1S/C21H18N6O/c1-15-11-16(2)27(21(28)19(15)12-23)24-13-18-14-26(10-6-9-22)25-20(18)17-7-4-3-5-8-17/h3-5,7-8,11,13-14H,6,10H2,1-2H3/b24-13-. The first-order valence-corrected chi connectivity index (χ1v) is 8.72. The molecule has 3 aromatic rings. The van der Waals surface area contributed by atoms with Crippen LogP contribution in [0.5, 0.6) is 0 Å². The molecule has 0 spiro atoms. The van der Waals surface area contributed by atoms with Crippen molar-refractivity contribution in [3.05, 3.63) is 75.3 Å². The average Bonchev–Trinajstić information content (AvgIpc) is 3.10. The van der Waals surface area contributed by atoms with Gasteiger partial charge in [-0.05, 0) is 25.5 Å². The molecule has 0 bridgehead atoms. The molecule has 2 aromatic heterocycles. The van der Waals surface area contributed by atoms with Crippen LogP contribution in [0.25, 0.3) is 11.3 Å². The monoisotopic (exact) mass is 370 g/mol. The Hall–Kier alpha value is -3.97. The van der Waals surface area contributed by atoms with Crippen LogP contribution in [0.1, 0.15) is 28.8 Å². The first-order chi connectivity index (χ1) is 13.5. The Morgan fingerprint density at radius 3 is 2.64 bits per heavy atom. The van der Waals surface area contributed by atoms with Gasteiger partial charge in [-0.25, -0.2) is 4.68 Å². The van der Waals surface area contributed by atoms with Gasteiger partial charge in [0, 0.05) is 23.0 Å². The van der Waals surface area contributed by atoms with Gasteiger partial charge in [0.15, 0.2) is 0 Å². The van der Waals surface area contributed by atoms with Crippen molar-refractivity contribution in [1.29, 1.82) is 10.5 Å². The van der Waals surface area contributed by atoms with Gasteiger partial charge in [0.25, 0.3) is 5.56 Å². The van der Waals surface area contributed by atoms with Crippen LogP contribution >= 0.6 is 0 Å². The minimum Gasteiger partial charge on any atom is -0.270 e. The predicted octanol–water partition coefficient (Wildman–Crippen LogP) is 3.00. The third-order valence-electron chi connectivity index (χ3n) is 4.27. The molecular weight excluding hydrogens is 352 g/mol. The highest BCUT2D eigenvalue weighted by Gasteiger charge is 2.12. The summed E-state index contributed by atoms with van der Waals surface area (Å²) in [4.78, 5) is 12.5. The van der Waals surface area contributed by atoms with E-state index in [1.54, 1.807) is 37.0 Å². The predicted molar refractivity (Wildman–Crippen MR) is 106 cm³/mol. The number of nitriles is 2. The SMILES string of the molecule is Cc1cc(C)n(/N=C\c2cn(CCC#N)nc2-c2ccccc2)c(=O)c1C#N. The lowest BCUT2D eigenvalue weighted by Gasteiger charge is -2.06. The van der Waals surface area contributed by atoms with Crippen molar-refractivity contribution in [2.24, 2.45) is 5.10 Å². The molecule has 0 amide bonds. The maximum absolute atomic E-state index is 12.5.